The lowest BCUT2D eigenvalue weighted by atomic mass is 10.0. The van der Waals surface area contributed by atoms with E-state index in [1.165, 1.54) is 11.3 Å². The molecule has 108 valence electrons. The number of rotatable bonds is 2. The van der Waals surface area contributed by atoms with Crippen LogP contribution in [0, 0.1) is 11.8 Å². The molecule has 1 amide bonds. The van der Waals surface area contributed by atoms with E-state index in [0.29, 0.717) is 12.6 Å². The molecule has 2 rings (SSSR count). The van der Waals surface area contributed by atoms with E-state index in [-0.39, 0.29) is 5.91 Å². The molecular formula is C15H21N3OS. The first-order chi connectivity index (χ1) is 9.61. The van der Waals surface area contributed by atoms with Crippen molar-refractivity contribution in [3.63, 3.8) is 0 Å². The molecule has 2 heterocycles. The molecule has 0 saturated carbocycles. The quantitative estimate of drug-likeness (QED) is 0.834. The zero-order chi connectivity index (χ0) is 14.5. The number of carbonyl (C=O) groups is 1. The van der Waals surface area contributed by atoms with Gasteiger partial charge in [-0.25, -0.2) is 0 Å². The number of nitrogens with zero attached hydrogens (tertiary/aromatic N) is 2. The second kappa shape index (κ2) is 6.89. The standard InChI is InChI=1S/C15H21N3OS/c1-17-10-4-5-12(11-17)18(2)15(19)14-8-7-13(20-14)6-3-9-16/h7-8,12H,4-5,9-11,16H2,1-2H3. The number of likely N-dealkylation sites (tertiary alicyclic amines) is 1. The molecule has 0 aliphatic carbocycles. The Bertz CT molecular complexity index is 529. The molecule has 1 aromatic rings. The zero-order valence-electron chi connectivity index (χ0n) is 12.1. The van der Waals surface area contributed by atoms with Crippen molar-refractivity contribution in [1.82, 2.24) is 9.80 Å². The number of hydrogen-bond donors (Lipinski definition) is 1. The molecule has 0 aromatic carbocycles. The van der Waals surface area contributed by atoms with Crippen LogP contribution in [0.1, 0.15) is 27.4 Å². The van der Waals surface area contributed by atoms with E-state index in [1.807, 2.05) is 24.1 Å². The molecule has 20 heavy (non-hydrogen) atoms. The molecule has 1 aliphatic heterocycles. The van der Waals surface area contributed by atoms with Crippen LogP contribution in [-0.2, 0) is 0 Å². The van der Waals surface area contributed by atoms with Crippen LogP contribution in [0.4, 0.5) is 0 Å². The van der Waals surface area contributed by atoms with E-state index < -0.39 is 0 Å². The molecule has 1 atom stereocenters. The lowest BCUT2D eigenvalue weighted by Gasteiger charge is -2.35. The average Bonchev–Trinajstić information content (AvgIpc) is 2.92. The summed E-state index contributed by atoms with van der Waals surface area (Å²) in [6.07, 6.45) is 2.23. The van der Waals surface area contributed by atoms with Crippen molar-refractivity contribution in [2.45, 2.75) is 18.9 Å². The highest BCUT2D eigenvalue weighted by Crippen LogP contribution is 2.20. The van der Waals surface area contributed by atoms with E-state index in [9.17, 15) is 4.79 Å². The molecule has 2 N–H and O–H groups in total. The third-order valence-electron chi connectivity index (χ3n) is 3.60. The number of carbonyl (C=O) groups excluding carboxylic acids is 1. The van der Waals surface area contributed by atoms with Gasteiger partial charge in [0, 0.05) is 19.6 Å². The topological polar surface area (TPSA) is 49.6 Å². The predicted molar refractivity (Wildman–Crippen MR) is 82.9 cm³/mol. The number of thiophene rings is 1. The fourth-order valence-corrected chi connectivity index (χ4v) is 3.32. The smallest absolute Gasteiger partial charge is 0.263 e. The van der Waals surface area contributed by atoms with Gasteiger partial charge in [0.1, 0.15) is 0 Å². The Morgan fingerprint density at radius 2 is 2.40 bits per heavy atom. The van der Waals surface area contributed by atoms with Gasteiger partial charge in [0.15, 0.2) is 0 Å². The average molecular weight is 291 g/mol. The van der Waals surface area contributed by atoms with Gasteiger partial charge in [-0.2, -0.15) is 0 Å². The van der Waals surface area contributed by atoms with Gasteiger partial charge >= 0.3 is 0 Å². The van der Waals surface area contributed by atoms with Gasteiger partial charge < -0.3 is 15.5 Å². The summed E-state index contributed by atoms with van der Waals surface area (Å²) in [4.78, 5) is 18.3. The van der Waals surface area contributed by atoms with Crippen LogP contribution < -0.4 is 5.73 Å². The number of nitrogens with two attached hydrogens (primary N) is 1. The number of likely N-dealkylation sites (N-methyl/N-ethyl adjacent to an activating group) is 2. The highest BCUT2D eigenvalue weighted by atomic mass is 32.1. The predicted octanol–water partition coefficient (Wildman–Crippen LogP) is 1.22. The Morgan fingerprint density at radius 1 is 1.60 bits per heavy atom. The summed E-state index contributed by atoms with van der Waals surface area (Å²) in [5.41, 5.74) is 5.35. The summed E-state index contributed by atoms with van der Waals surface area (Å²) >= 11 is 1.44. The molecular weight excluding hydrogens is 270 g/mol. The third-order valence-corrected chi connectivity index (χ3v) is 4.59. The minimum Gasteiger partial charge on any atom is -0.337 e. The second-order valence-corrected chi connectivity index (χ2v) is 6.23. The maximum absolute atomic E-state index is 12.5. The number of hydrogen-bond acceptors (Lipinski definition) is 4. The van der Waals surface area contributed by atoms with Crippen molar-refractivity contribution in [2.24, 2.45) is 5.73 Å². The van der Waals surface area contributed by atoms with Crippen molar-refractivity contribution < 1.29 is 4.79 Å². The fourth-order valence-electron chi connectivity index (χ4n) is 2.45. The van der Waals surface area contributed by atoms with Gasteiger partial charge in [-0.05, 0) is 38.6 Å². The van der Waals surface area contributed by atoms with Crippen LogP contribution in [0.5, 0.6) is 0 Å². The summed E-state index contributed by atoms with van der Waals surface area (Å²) in [5, 5.41) is 0. The summed E-state index contributed by atoms with van der Waals surface area (Å²) in [5.74, 6) is 5.88. The Hall–Kier alpha value is -1.35. The minimum absolute atomic E-state index is 0.0936. The van der Waals surface area contributed by atoms with Crippen LogP contribution in [-0.4, -0.2) is 55.5 Å². The molecule has 4 nitrogen and oxygen atoms in total. The monoisotopic (exact) mass is 291 g/mol. The summed E-state index contributed by atoms with van der Waals surface area (Å²) in [6, 6.07) is 4.06. The van der Waals surface area contributed by atoms with E-state index in [1.54, 1.807) is 0 Å². The van der Waals surface area contributed by atoms with Crippen LogP contribution in [0.15, 0.2) is 12.1 Å². The van der Waals surface area contributed by atoms with Gasteiger partial charge in [0.25, 0.3) is 5.91 Å². The van der Waals surface area contributed by atoms with Crippen LogP contribution in [0.3, 0.4) is 0 Å². The van der Waals surface area contributed by atoms with E-state index in [2.05, 4.69) is 23.8 Å². The largest absolute Gasteiger partial charge is 0.337 e. The lowest BCUT2D eigenvalue weighted by Crippen LogP contribution is -2.47. The summed E-state index contributed by atoms with van der Waals surface area (Å²) < 4.78 is 0. The summed E-state index contributed by atoms with van der Waals surface area (Å²) in [7, 11) is 4.01. The van der Waals surface area contributed by atoms with Crippen molar-refractivity contribution >= 4 is 17.2 Å². The normalized spacial score (nSPS) is 19.2. The SMILES string of the molecule is CN1CCCC(N(C)C(=O)c2ccc(C#CCN)s2)C1. The van der Waals surface area contributed by atoms with Gasteiger partial charge in [-0.3, -0.25) is 4.79 Å². The van der Waals surface area contributed by atoms with Crippen LogP contribution in [0.25, 0.3) is 0 Å². The molecule has 0 radical (unpaired) electrons. The second-order valence-electron chi connectivity index (χ2n) is 5.14. The van der Waals surface area contributed by atoms with Gasteiger partial charge in [0.05, 0.1) is 16.3 Å². The van der Waals surface area contributed by atoms with E-state index >= 15 is 0 Å². The molecule has 5 heteroatoms. The molecule has 1 unspecified atom stereocenters. The molecule has 1 saturated heterocycles. The Balaban J connectivity index is 2.04. The van der Waals surface area contributed by atoms with E-state index in [0.717, 1.165) is 35.7 Å². The number of piperidine rings is 1. The van der Waals surface area contributed by atoms with Crippen molar-refractivity contribution in [2.75, 3.05) is 33.7 Å². The maximum atomic E-state index is 12.5. The third kappa shape index (κ3) is 3.60. The van der Waals surface area contributed by atoms with Gasteiger partial charge in [0.2, 0.25) is 0 Å². The van der Waals surface area contributed by atoms with Crippen LogP contribution in [0.2, 0.25) is 0 Å². The molecule has 1 fully saturated rings. The first kappa shape index (κ1) is 15.0. The summed E-state index contributed by atoms with van der Waals surface area (Å²) in [6.45, 7) is 2.42. The zero-order valence-corrected chi connectivity index (χ0v) is 12.9. The first-order valence-electron chi connectivity index (χ1n) is 6.86. The fraction of sp³-hybridized carbons (Fsp3) is 0.533. The Morgan fingerprint density at radius 3 is 3.10 bits per heavy atom. The Kier molecular flexibility index (Phi) is 5.18. The number of amides is 1. The van der Waals surface area contributed by atoms with Crippen molar-refractivity contribution in [3.8, 4) is 11.8 Å². The highest BCUT2D eigenvalue weighted by Gasteiger charge is 2.25. The first-order valence-corrected chi connectivity index (χ1v) is 7.68. The van der Waals surface area contributed by atoms with Gasteiger partial charge in [-0.15, -0.1) is 11.3 Å². The maximum Gasteiger partial charge on any atom is 0.263 e. The van der Waals surface area contributed by atoms with Crippen molar-refractivity contribution in [1.29, 1.82) is 0 Å². The van der Waals surface area contributed by atoms with Crippen molar-refractivity contribution in [3.05, 3.63) is 21.9 Å². The molecule has 0 bridgehead atoms. The van der Waals surface area contributed by atoms with E-state index in [4.69, 9.17) is 5.73 Å². The Labute approximate surface area is 124 Å². The lowest BCUT2D eigenvalue weighted by molar-refractivity contribution is 0.0649. The van der Waals surface area contributed by atoms with Crippen LogP contribution >= 0.6 is 11.3 Å². The molecule has 0 spiro atoms. The highest BCUT2D eigenvalue weighted by molar-refractivity contribution is 7.14. The molecule has 1 aliphatic rings. The van der Waals surface area contributed by atoms with Gasteiger partial charge in [-0.1, -0.05) is 11.8 Å². The minimum atomic E-state index is 0.0936. The molecule has 1 aromatic heterocycles.